The van der Waals surface area contributed by atoms with Gasteiger partial charge < -0.3 is 114 Å². The van der Waals surface area contributed by atoms with Crippen LogP contribution in [0.4, 0.5) is 0 Å². The quantitative estimate of drug-likeness (QED) is 0.0504. The molecule has 0 radical (unpaired) electrons. The Labute approximate surface area is 372 Å². The lowest BCUT2D eigenvalue weighted by molar-refractivity contribution is -0.365. The number of rotatable bonds is 20. The van der Waals surface area contributed by atoms with Crippen LogP contribution in [-0.2, 0) is 71.4 Å². The molecule has 4 heterocycles. The molecule has 12 N–H and O–H groups in total. The number of aldehydes is 2. The molecule has 0 aliphatic carbocycles. The molecule has 0 aromatic heterocycles. The number of nitrogens with one attached hydrogen (secondary N) is 4. The van der Waals surface area contributed by atoms with Crippen molar-refractivity contribution in [3.63, 3.8) is 0 Å². The fourth-order valence-electron chi connectivity index (χ4n) is 8.01. The number of carbonyl (C=O) groups excluding carboxylic acids is 6. The molecule has 27 nitrogen and oxygen atoms in total. The van der Waals surface area contributed by atoms with E-state index in [-0.39, 0.29) is 0 Å². The van der Waals surface area contributed by atoms with Crippen LogP contribution in [0.5, 0.6) is 0 Å². The average molecular weight is 943 g/mol. The summed E-state index contributed by atoms with van der Waals surface area (Å²) in [5.74, 6) is -2.86. The molecule has 0 spiro atoms. The van der Waals surface area contributed by atoms with Gasteiger partial charge in [0.25, 0.3) is 0 Å². The Kier molecular flexibility index (Phi) is 20.4. The third kappa shape index (κ3) is 13.4. The van der Waals surface area contributed by atoms with Crippen LogP contribution < -0.4 is 21.3 Å². The second kappa shape index (κ2) is 24.5. The fraction of sp³-hybridized carbons (Fsp3) is 0.842. The van der Waals surface area contributed by atoms with Crippen LogP contribution in [0.2, 0.25) is 0 Å². The molecule has 4 fully saturated rings. The van der Waals surface area contributed by atoms with Gasteiger partial charge in [-0.3, -0.25) is 19.2 Å². The second-order valence-corrected chi connectivity index (χ2v) is 16.0. The van der Waals surface area contributed by atoms with Gasteiger partial charge in [0.2, 0.25) is 23.6 Å². The standard InChI is InChI=1S/C38H62N4O23/c1-13(7-43)57-33-25(41-17(5)51)35(56)59-21(11-47)31(33)64-37-24(40-16(4)50)29(55)30(20(10-46)61-37)63-38-26(42-18(6)52)34(58-14(2)8-44)32(22(12-48)62-38)65-36-23(39-15(3)49)28(54)27(53)19(9-45)60-36/h7-8,13-14,19-38,45-48,53-56H,9-12H2,1-6H3,(H,39,49)(H,40,50)(H,41,51)(H,42,52)/t13-,14-,19-,20-,21-,22-,23-,24-,25-,26-,27-,28-,29-,30-,31-,32-,33-,34-,35-,36+,37+,38+/m1/s1. The second-order valence-electron chi connectivity index (χ2n) is 16.0. The van der Waals surface area contributed by atoms with E-state index in [0.29, 0.717) is 12.6 Å². The van der Waals surface area contributed by atoms with Crippen molar-refractivity contribution in [2.75, 3.05) is 26.4 Å². The van der Waals surface area contributed by atoms with Crippen LogP contribution in [0.1, 0.15) is 41.5 Å². The summed E-state index contributed by atoms with van der Waals surface area (Å²) in [4.78, 5) is 73.5. The number of ether oxygens (including phenoxy) is 9. The normalized spacial score (nSPS) is 40.7. The molecule has 65 heavy (non-hydrogen) atoms. The Hall–Kier alpha value is -3.46. The number of carbonyl (C=O) groups is 6. The lowest BCUT2D eigenvalue weighted by atomic mass is 9.93. The lowest BCUT2D eigenvalue weighted by Gasteiger charge is -2.52. The van der Waals surface area contributed by atoms with Crippen LogP contribution >= 0.6 is 0 Å². The lowest BCUT2D eigenvalue weighted by Crippen LogP contribution is -2.72. The van der Waals surface area contributed by atoms with E-state index in [4.69, 9.17) is 42.6 Å². The van der Waals surface area contributed by atoms with Crippen LogP contribution in [0.3, 0.4) is 0 Å². The highest BCUT2D eigenvalue weighted by molar-refractivity contribution is 5.74. The van der Waals surface area contributed by atoms with E-state index < -0.39 is 185 Å². The summed E-state index contributed by atoms with van der Waals surface area (Å²) in [7, 11) is 0. The summed E-state index contributed by atoms with van der Waals surface area (Å²) in [5.41, 5.74) is 0. The summed E-state index contributed by atoms with van der Waals surface area (Å²) in [6.07, 6.45) is -28.2. The molecular weight excluding hydrogens is 880 g/mol. The molecule has 4 amide bonds. The molecule has 4 saturated heterocycles. The molecule has 4 aliphatic heterocycles. The first-order valence-electron chi connectivity index (χ1n) is 20.8. The van der Waals surface area contributed by atoms with Gasteiger partial charge in [-0.25, -0.2) is 0 Å². The minimum Gasteiger partial charge on any atom is -0.394 e. The van der Waals surface area contributed by atoms with E-state index in [9.17, 15) is 69.6 Å². The van der Waals surface area contributed by atoms with Crippen molar-refractivity contribution >= 4 is 36.2 Å². The molecule has 4 aliphatic rings. The van der Waals surface area contributed by atoms with E-state index in [1.807, 2.05) is 0 Å². The molecule has 22 atom stereocenters. The highest BCUT2D eigenvalue weighted by Gasteiger charge is 2.57. The maximum atomic E-state index is 12.8. The monoisotopic (exact) mass is 942 g/mol. The minimum atomic E-state index is -1.94. The van der Waals surface area contributed by atoms with Gasteiger partial charge in [-0.1, -0.05) is 0 Å². The van der Waals surface area contributed by atoms with Crippen molar-refractivity contribution in [3.8, 4) is 0 Å². The zero-order chi connectivity index (χ0) is 48.4. The van der Waals surface area contributed by atoms with E-state index in [1.165, 1.54) is 13.8 Å². The third-order valence-electron chi connectivity index (χ3n) is 10.9. The van der Waals surface area contributed by atoms with Gasteiger partial charge >= 0.3 is 0 Å². The Bertz CT molecular complexity index is 1600. The first-order valence-corrected chi connectivity index (χ1v) is 20.8. The van der Waals surface area contributed by atoms with Crippen molar-refractivity contribution in [2.24, 2.45) is 0 Å². The Morgan fingerprint density at radius 3 is 1.25 bits per heavy atom. The SMILES string of the molecule is CC(=O)N[C@@H]1[C@@H](O[C@H](C)C=O)[C@H](O[C@@H]2O[C@H](CO)[C@@H](O[C@@H]3O[C@H](CO)[C@@H](O[C@@H]4O[C@H](CO)[C@@H](O)[C@H](O)[C@H]4NC(C)=O)[C@H](O[C@H](C)C=O)[C@H]3NC(C)=O)[C@H](O)[C@H]2NC(C)=O)[C@@H](CO)O[C@H]1O. The molecular formula is C38H62N4O23. The molecule has 0 aromatic carbocycles. The summed E-state index contributed by atoms with van der Waals surface area (Å²) in [6.45, 7) is 3.52. The number of aliphatic hydroxyl groups excluding tert-OH is 8. The van der Waals surface area contributed by atoms with Crippen molar-refractivity contribution in [1.29, 1.82) is 0 Å². The number of hydrogen-bond acceptors (Lipinski definition) is 23. The predicted molar refractivity (Wildman–Crippen MR) is 209 cm³/mol. The van der Waals surface area contributed by atoms with Gasteiger partial charge in [0.1, 0.15) is 122 Å². The van der Waals surface area contributed by atoms with Crippen LogP contribution in [0.15, 0.2) is 0 Å². The van der Waals surface area contributed by atoms with Gasteiger partial charge in [0.15, 0.2) is 25.2 Å². The molecule has 0 bridgehead atoms. The Morgan fingerprint density at radius 1 is 0.477 bits per heavy atom. The summed E-state index contributed by atoms with van der Waals surface area (Å²) >= 11 is 0. The minimum absolute atomic E-state index is 0.381. The van der Waals surface area contributed by atoms with Gasteiger partial charge in [0.05, 0.1) is 26.4 Å². The third-order valence-corrected chi connectivity index (χ3v) is 10.9. The summed E-state index contributed by atoms with van der Waals surface area (Å²) in [5, 5.41) is 95.7. The van der Waals surface area contributed by atoms with Gasteiger partial charge in [-0.15, -0.1) is 0 Å². The highest BCUT2D eigenvalue weighted by atomic mass is 16.8. The maximum absolute atomic E-state index is 12.8. The zero-order valence-corrected chi connectivity index (χ0v) is 36.4. The van der Waals surface area contributed by atoms with E-state index >= 15 is 0 Å². The Morgan fingerprint density at radius 2 is 0.815 bits per heavy atom. The fourth-order valence-corrected chi connectivity index (χ4v) is 8.01. The van der Waals surface area contributed by atoms with Crippen molar-refractivity contribution in [2.45, 2.75) is 176 Å². The largest absolute Gasteiger partial charge is 0.394 e. The average Bonchev–Trinajstić information content (AvgIpc) is 3.25. The first kappa shape index (κ1) is 54.1. The van der Waals surface area contributed by atoms with Crippen LogP contribution in [-0.4, -0.2) is 238 Å². The van der Waals surface area contributed by atoms with E-state index in [0.717, 1.165) is 27.7 Å². The first-order chi connectivity index (χ1) is 30.7. The number of hydrogen-bond donors (Lipinski definition) is 12. The van der Waals surface area contributed by atoms with Gasteiger partial charge in [-0.2, -0.15) is 0 Å². The molecule has 372 valence electrons. The maximum Gasteiger partial charge on any atom is 0.217 e. The van der Waals surface area contributed by atoms with Gasteiger partial charge in [0, 0.05) is 27.7 Å². The summed E-state index contributed by atoms with van der Waals surface area (Å²) < 4.78 is 53.9. The zero-order valence-electron chi connectivity index (χ0n) is 36.4. The number of amides is 4. The molecule has 4 rings (SSSR count). The predicted octanol–water partition coefficient (Wildman–Crippen LogP) is -7.95. The van der Waals surface area contributed by atoms with Crippen LogP contribution in [0, 0.1) is 0 Å². The smallest absolute Gasteiger partial charge is 0.217 e. The Balaban J connectivity index is 1.73. The molecule has 0 aromatic rings. The molecule has 27 heteroatoms. The van der Waals surface area contributed by atoms with Crippen molar-refractivity contribution in [3.05, 3.63) is 0 Å². The number of aliphatic hydroxyl groups is 8. The van der Waals surface area contributed by atoms with E-state index in [1.54, 1.807) is 0 Å². The van der Waals surface area contributed by atoms with Gasteiger partial charge in [-0.05, 0) is 13.8 Å². The topological polar surface area (TPSA) is 395 Å². The summed E-state index contributed by atoms with van der Waals surface area (Å²) in [6, 6.07) is -6.12. The van der Waals surface area contributed by atoms with Crippen molar-refractivity contribution in [1.82, 2.24) is 21.3 Å². The molecule has 0 saturated carbocycles. The highest BCUT2D eigenvalue weighted by Crippen LogP contribution is 2.36. The van der Waals surface area contributed by atoms with Crippen molar-refractivity contribution < 1.29 is 112 Å². The van der Waals surface area contributed by atoms with E-state index in [2.05, 4.69) is 21.3 Å². The van der Waals surface area contributed by atoms with Crippen LogP contribution in [0.25, 0.3) is 0 Å². The molecule has 0 unspecified atom stereocenters.